The van der Waals surface area contributed by atoms with Crippen molar-refractivity contribution in [2.45, 2.75) is 12.7 Å². The number of piperazine rings is 1. The lowest BCUT2D eigenvalue weighted by atomic mass is 10.1. The molecule has 9 heteroatoms. The molecule has 0 aliphatic carbocycles. The predicted octanol–water partition coefficient (Wildman–Crippen LogP) is 4.76. The van der Waals surface area contributed by atoms with Gasteiger partial charge in [0.2, 0.25) is 0 Å². The molecule has 0 saturated carbocycles. The Morgan fingerprint density at radius 1 is 1.03 bits per heavy atom. The van der Waals surface area contributed by atoms with Crippen molar-refractivity contribution < 1.29 is 17.6 Å². The van der Waals surface area contributed by atoms with E-state index in [1.165, 1.54) is 12.1 Å². The normalized spacial score (nSPS) is 15.8. The maximum Gasteiger partial charge on any atom is 0.417 e. The van der Waals surface area contributed by atoms with Crippen molar-refractivity contribution in [3.63, 3.8) is 0 Å². The lowest BCUT2D eigenvalue weighted by molar-refractivity contribution is -0.137. The number of rotatable bonds is 3. The molecule has 0 atom stereocenters. The first-order valence-electron chi connectivity index (χ1n) is 9.04. The third-order valence-electron chi connectivity index (χ3n) is 4.96. The number of anilines is 1. The highest BCUT2D eigenvalue weighted by atomic mass is 35.5. The molecule has 1 fully saturated rings. The molecule has 0 bridgehead atoms. The molecule has 4 rings (SSSR count). The first-order chi connectivity index (χ1) is 13.8. The fraction of sp³-hybridized carbons (Fsp3) is 0.300. The number of aromatic nitrogens is 2. The van der Waals surface area contributed by atoms with E-state index in [4.69, 9.17) is 11.6 Å². The summed E-state index contributed by atoms with van der Waals surface area (Å²) >= 11 is 6.05. The summed E-state index contributed by atoms with van der Waals surface area (Å²) in [6.45, 7) is 2.93. The third kappa shape index (κ3) is 4.28. The molecule has 3 heterocycles. The standard InChI is InChI=1S/C20H17ClF4N4/c21-17-10-15(20(23,24)25)11-27-19(17)29-6-4-28(5-7-29)12-14-9-16(22)8-13-2-1-3-26-18(13)14/h1-3,8-11H,4-7,12H2. The van der Waals surface area contributed by atoms with E-state index in [9.17, 15) is 17.6 Å². The number of benzene rings is 1. The highest BCUT2D eigenvalue weighted by molar-refractivity contribution is 6.33. The summed E-state index contributed by atoms with van der Waals surface area (Å²) in [6.07, 6.45) is -1.99. The van der Waals surface area contributed by atoms with E-state index in [-0.39, 0.29) is 10.8 Å². The summed E-state index contributed by atoms with van der Waals surface area (Å²) in [5, 5.41) is 0.732. The number of halogens is 5. The van der Waals surface area contributed by atoms with Gasteiger partial charge in [0.15, 0.2) is 0 Å². The Balaban J connectivity index is 1.46. The van der Waals surface area contributed by atoms with Gasteiger partial charge in [-0.3, -0.25) is 9.88 Å². The van der Waals surface area contributed by atoms with Gasteiger partial charge in [0.1, 0.15) is 11.6 Å². The van der Waals surface area contributed by atoms with Crippen LogP contribution in [0.2, 0.25) is 5.02 Å². The summed E-state index contributed by atoms with van der Waals surface area (Å²) in [7, 11) is 0. The van der Waals surface area contributed by atoms with E-state index >= 15 is 0 Å². The molecule has 2 aromatic heterocycles. The first-order valence-corrected chi connectivity index (χ1v) is 9.42. The highest BCUT2D eigenvalue weighted by Gasteiger charge is 2.32. The largest absolute Gasteiger partial charge is 0.417 e. The van der Waals surface area contributed by atoms with Crippen LogP contribution in [0.15, 0.2) is 42.7 Å². The van der Waals surface area contributed by atoms with Crippen molar-refractivity contribution in [2.75, 3.05) is 31.1 Å². The van der Waals surface area contributed by atoms with Crippen LogP contribution in [0.1, 0.15) is 11.1 Å². The monoisotopic (exact) mass is 424 g/mol. The van der Waals surface area contributed by atoms with Crippen LogP contribution in [0, 0.1) is 5.82 Å². The van der Waals surface area contributed by atoms with Gasteiger partial charge in [0, 0.05) is 50.5 Å². The Morgan fingerprint density at radius 2 is 1.79 bits per heavy atom. The van der Waals surface area contributed by atoms with E-state index in [1.807, 2.05) is 11.0 Å². The summed E-state index contributed by atoms with van der Waals surface area (Å²) < 4.78 is 52.3. The van der Waals surface area contributed by atoms with Crippen LogP contribution in [0.4, 0.5) is 23.4 Å². The van der Waals surface area contributed by atoms with Gasteiger partial charge in [-0.1, -0.05) is 17.7 Å². The predicted molar refractivity (Wildman–Crippen MR) is 103 cm³/mol. The van der Waals surface area contributed by atoms with Gasteiger partial charge in [-0.25, -0.2) is 9.37 Å². The van der Waals surface area contributed by atoms with Gasteiger partial charge in [-0.05, 0) is 29.8 Å². The van der Waals surface area contributed by atoms with Gasteiger partial charge in [0.25, 0.3) is 0 Å². The molecule has 1 saturated heterocycles. The highest BCUT2D eigenvalue weighted by Crippen LogP contribution is 2.33. The van der Waals surface area contributed by atoms with E-state index < -0.39 is 11.7 Å². The lowest BCUT2D eigenvalue weighted by Gasteiger charge is -2.36. The van der Waals surface area contributed by atoms with E-state index in [2.05, 4.69) is 14.9 Å². The number of fused-ring (bicyclic) bond motifs is 1. The van der Waals surface area contributed by atoms with Gasteiger partial charge in [0.05, 0.1) is 16.1 Å². The average molecular weight is 425 g/mol. The lowest BCUT2D eigenvalue weighted by Crippen LogP contribution is -2.46. The second kappa shape index (κ2) is 7.76. The topological polar surface area (TPSA) is 32.3 Å². The van der Waals surface area contributed by atoms with E-state index in [0.29, 0.717) is 38.5 Å². The summed E-state index contributed by atoms with van der Waals surface area (Å²) in [5.41, 5.74) is 0.707. The average Bonchev–Trinajstić information content (AvgIpc) is 2.68. The third-order valence-corrected chi connectivity index (χ3v) is 5.24. The minimum Gasteiger partial charge on any atom is -0.353 e. The molecular formula is C20H17ClF4N4. The molecule has 0 radical (unpaired) electrons. The van der Waals surface area contributed by atoms with Gasteiger partial charge < -0.3 is 4.90 Å². The molecule has 29 heavy (non-hydrogen) atoms. The maximum atomic E-state index is 13.9. The van der Waals surface area contributed by atoms with Crippen LogP contribution in [0.25, 0.3) is 10.9 Å². The molecule has 1 aromatic carbocycles. The number of alkyl halides is 3. The zero-order chi connectivity index (χ0) is 20.6. The van der Waals surface area contributed by atoms with Crippen LogP contribution in [0.3, 0.4) is 0 Å². The smallest absolute Gasteiger partial charge is 0.353 e. The Bertz CT molecular complexity index is 1030. The first kappa shape index (κ1) is 19.8. The van der Waals surface area contributed by atoms with Crippen molar-refractivity contribution in [3.05, 3.63) is 64.7 Å². The Kier molecular flexibility index (Phi) is 5.31. The quantitative estimate of drug-likeness (QED) is 0.567. The molecule has 1 aliphatic heterocycles. The van der Waals surface area contributed by atoms with Crippen molar-refractivity contribution in [2.24, 2.45) is 0 Å². The summed E-state index contributed by atoms with van der Waals surface area (Å²) in [4.78, 5) is 12.3. The zero-order valence-electron chi connectivity index (χ0n) is 15.3. The van der Waals surface area contributed by atoms with Gasteiger partial charge >= 0.3 is 6.18 Å². The summed E-state index contributed by atoms with van der Waals surface area (Å²) in [5.74, 6) is 0.0389. The van der Waals surface area contributed by atoms with Crippen molar-refractivity contribution >= 4 is 28.3 Å². The van der Waals surface area contributed by atoms with Crippen molar-refractivity contribution in [1.29, 1.82) is 0 Å². The molecule has 152 valence electrons. The van der Waals surface area contributed by atoms with Crippen LogP contribution in [0.5, 0.6) is 0 Å². The molecule has 0 spiro atoms. The Morgan fingerprint density at radius 3 is 2.48 bits per heavy atom. The van der Waals surface area contributed by atoms with Crippen LogP contribution in [-0.4, -0.2) is 41.0 Å². The number of hydrogen-bond donors (Lipinski definition) is 0. The number of pyridine rings is 2. The fourth-order valence-electron chi connectivity index (χ4n) is 3.53. The van der Waals surface area contributed by atoms with Crippen molar-refractivity contribution in [3.8, 4) is 0 Å². The van der Waals surface area contributed by atoms with E-state index in [0.717, 1.165) is 28.7 Å². The molecule has 1 aliphatic rings. The van der Waals surface area contributed by atoms with Crippen LogP contribution in [-0.2, 0) is 12.7 Å². The second-order valence-corrected chi connectivity index (χ2v) is 7.34. The van der Waals surface area contributed by atoms with Crippen LogP contribution < -0.4 is 4.90 Å². The molecule has 0 N–H and O–H groups in total. The Hall–Kier alpha value is -2.45. The van der Waals surface area contributed by atoms with Crippen molar-refractivity contribution in [1.82, 2.24) is 14.9 Å². The fourth-order valence-corrected chi connectivity index (χ4v) is 3.81. The van der Waals surface area contributed by atoms with Gasteiger partial charge in [-0.15, -0.1) is 0 Å². The van der Waals surface area contributed by atoms with Gasteiger partial charge in [-0.2, -0.15) is 13.2 Å². The maximum absolute atomic E-state index is 13.9. The number of hydrogen-bond acceptors (Lipinski definition) is 4. The second-order valence-electron chi connectivity index (χ2n) is 6.93. The molecule has 0 unspecified atom stereocenters. The molecule has 4 nitrogen and oxygen atoms in total. The minimum absolute atomic E-state index is 0.0198. The summed E-state index contributed by atoms with van der Waals surface area (Å²) in [6, 6.07) is 7.45. The SMILES string of the molecule is Fc1cc(CN2CCN(c3ncc(C(F)(F)F)cc3Cl)CC2)c2ncccc2c1. The molecule has 0 amide bonds. The number of nitrogens with zero attached hydrogens (tertiary/aromatic N) is 4. The van der Waals surface area contributed by atoms with E-state index in [1.54, 1.807) is 12.3 Å². The molecule has 3 aromatic rings. The zero-order valence-corrected chi connectivity index (χ0v) is 16.0. The minimum atomic E-state index is -4.48. The Labute approximate surface area is 169 Å². The van der Waals surface area contributed by atoms with Crippen LogP contribution >= 0.6 is 11.6 Å². The molecular weight excluding hydrogens is 408 g/mol.